The summed E-state index contributed by atoms with van der Waals surface area (Å²) in [5, 5.41) is 9.03. The fourth-order valence-electron chi connectivity index (χ4n) is 2.31. The molecule has 1 aliphatic rings. The second-order valence-corrected chi connectivity index (χ2v) is 5.67. The summed E-state index contributed by atoms with van der Waals surface area (Å²) < 4.78 is 5.74. The molecule has 0 spiro atoms. The summed E-state index contributed by atoms with van der Waals surface area (Å²) in [6.07, 6.45) is 1.78. The molecular weight excluding hydrogens is 224 g/mol. The van der Waals surface area contributed by atoms with E-state index in [1.807, 2.05) is 38.1 Å². The van der Waals surface area contributed by atoms with E-state index in [1.54, 1.807) is 0 Å². The van der Waals surface area contributed by atoms with Crippen molar-refractivity contribution in [3.8, 4) is 11.8 Å². The highest BCUT2D eigenvalue weighted by Gasteiger charge is 2.29. The molecule has 96 valence electrons. The summed E-state index contributed by atoms with van der Waals surface area (Å²) in [4.78, 5) is 0. The van der Waals surface area contributed by atoms with Crippen LogP contribution in [0.5, 0.6) is 5.75 Å². The average molecular weight is 244 g/mol. The molecule has 0 radical (unpaired) electrons. The van der Waals surface area contributed by atoms with E-state index in [1.165, 1.54) is 0 Å². The van der Waals surface area contributed by atoms with Gasteiger partial charge in [0.05, 0.1) is 18.1 Å². The highest BCUT2D eigenvalue weighted by atomic mass is 16.5. The minimum absolute atomic E-state index is 0.0180. The van der Waals surface area contributed by atoms with E-state index in [2.05, 4.69) is 6.07 Å². The summed E-state index contributed by atoms with van der Waals surface area (Å²) in [6, 6.07) is 10.3. The second-order valence-electron chi connectivity index (χ2n) is 5.67. The summed E-state index contributed by atoms with van der Waals surface area (Å²) in [6.45, 7) is 4.59. The molecule has 0 bridgehead atoms. The van der Waals surface area contributed by atoms with Crippen molar-refractivity contribution in [2.24, 2.45) is 17.1 Å². The number of hydrogen-bond donors (Lipinski definition) is 1. The van der Waals surface area contributed by atoms with Crippen molar-refractivity contribution in [2.45, 2.75) is 32.7 Å². The Labute approximate surface area is 109 Å². The molecule has 0 saturated carbocycles. The van der Waals surface area contributed by atoms with Crippen LogP contribution in [0.15, 0.2) is 24.3 Å². The topological polar surface area (TPSA) is 59.0 Å². The minimum atomic E-state index is -0.281. The monoisotopic (exact) mass is 244 g/mol. The van der Waals surface area contributed by atoms with Crippen molar-refractivity contribution in [3.05, 3.63) is 29.8 Å². The van der Waals surface area contributed by atoms with Crippen LogP contribution in [0.4, 0.5) is 0 Å². The molecule has 3 heteroatoms. The Hall–Kier alpha value is -1.53. The Morgan fingerprint density at radius 2 is 2.17 bits per heavy atom. The van der Waals surface area contributed by atoms with E-state index < -0.39 is 0 Å². The first-order valence-corrected chi connectivity index (χ1v) is 6.42. The van der Waals surface area contributed by atoms with Crippen molar-refractivity contribution in [3.63, 3.8) is 0 Å². The van der Waals surface area contributed by atoms with Crippen molar-refractivity contribution >= 4 is 0 Å². The maximum atomic E-state index is 9.03. The molecule has 0 aliphatic carbocycles. The van der Waals surface area contributed by atoms with Crippen LogP contribution in [0.3, 0.4) is 0 Å². The standard InChI is InChI=1S/C15H20N2O/c1-15(2,10-16)8-7-11-9-18-13-6-4-3-5-12(13)14(11)17/h3-6,11,14H,7-9,17H2,1-2H3. The first-order chi connectivity index (χ1) is 8.53. The smallest absolute Gasteiger partial charge is 0.124 e. The lowest BCUT2D eigenvalue weighted by Crippen LogP contribution is -2.32. The van der Waals surface area contributed by atoms with E-state index in [0.29, 0.717) is 12.5 Å². The molecule has 0 fully saturated rings. The van der Waals surface area contributed by atoms with Crippen molar-refractivity contribution in [1.82, 2.24) is 0 Å². The molecular formula is C15H20N2O. The van der Waals surface area contributed by atoms with Crippen molar-refractivity contribution < 1.29 is 4.74 Å². The molecule has 1 aromatic carbocycles. The van der Waals surface area contributed by atoms with Gasteiger partial charge in [0.25, 0.3) is 0 Å². The predicted octanol–water partition coefficient (Wildman–Crippen LogP) is 3.02. The Balaban J connectivity index is 2.04. The molecule has 2 N–H and O–H groups in total. The molecule has 3 nitrogen and oxygen atoms in total. The number of ether oxygens (including phenoxy) is 1. The largest absolute Gasteiger partial charge is 0.493 e. The fraction of sp³-hybridized carbons (Fsp3) is 0.533. The van der Waals surface area contributed by atoms with E-state index in [4.69, 9.17) is 15.7 Å². The molecule has 0 saturated heterocycles. The zero-order valence-corrected chi connectivity index (χ0v) is 11.0. The highest BCUT2D eigenvalue weighted by molar-refractivity contribution is 5.37. The lowest BCUT2D eigenvalue weighted by atomic mass is 9.81. The number of benzene rings is 1. The highest BCUT2D eigenvalue weighted by Crippen LogP contribution is 2.37. The van der Waals surface area contributed by atoms with E-state index in [9.17, 15) is 0 Å². The maximum absolute atomic E-state index is 9.03. The Morgan fingerprint density at radius 3 is 2.89 bits per heavy atom. The van der Waals surface area contributed by atoms with Gasteiger partial charge in [0.1, 0.15) is 5.75 Å². The third-order valence-corrected chi connectivity index (χ3v) is 3.68. The SMILES string of the molecule is CC(C)(C#N)CCC1COc2ccccc2C1N. The molecule has 0 aromatic heterocycles. The molecule has 1 aromatic rings. The van der Waals surface area contributed by atoms with Crippen LogP contribution < -0.4 is 10.5 Å². The molecule has 1 aliphatic heterocycles. The quantitative estimate of drug-likeness (QED) is 0.889. The van der Waals surface area contributed by atoms with Gasteiger partial charge in [0.15, 0.2) is 0 Å². The van der Waals surface area contributed by atoms with Crippen molar-refractivity contribution in [2.75, 3.05) is 6.61 Å². The zero-order valence-electron chi connectivity index (χ0n) is 11.0. The number of fused-ring (bicyclic) bond motifs is 1. The van der Waals surface area contributed by atoms with Crippen LogP contribution in [0.1, 0.15) is 38.3 Å². The van der Waals surface area contributed by atoms with Gasteiger partial charge >= 0.3 is 0 Å². The average Bonchev–Trinajstić information content (AvgIpc) is 2.38. The van der Waals surface area contributed by atoms with Gasteiger partial charge in [-0.2, -0.15) is 5.26 Å². The summed E-state index contributed by atoms with van der Waals surface area (Å²) in [5.74, 6) is 1.20. The number of para-hydroxylation sites is 1. The van der Waals surface area contributed by atoms with Gasteiger partial charge in [-0.15, -0.1) is 0 Å². The number of nitriles is 1. The Morgan fingerprint density at radius 1 is 1.44 bits per heavy atom. The van der Waals surface area contributed by atoms with Crippen LogP contribution in [0, 0.1) is 22.7 Å². The number of hydrogen-bond acceptors (Lipinski definition) is 3. The molecule has 0 amide bonds. The lowest BCUT2D eigenvalue weighted by molar-refractivity contribution is 0.175. The fourth-order valence-corrected chi connectivity index (χ4v) is 2.31. The predicted molar refractivity (Wildman–Crippen MR) is 71.0 cm³/mol. The van der Waals surface area contributed by atoms with Gasteiger partial charge in [-0.3, -0.25) is 0 Å². The first kappa shape index (κ1) is 12.9. The van der Waals surface area contributed by atoms with E-state index in [-0.39, 0.29) is 11.5 Å². The molecule has 18 heavy (non-hydrogen) atoms. The zero-order chi connectivity index (χ0) is 13.2. The van der Waals surface area contributed by atoms with Crippen LogP contribution in [0.25, 0.3) is 0 Å². The van der Waals surface area contributed by atoms with Crippen LogP contribution in [-0.2, 0) is 0 Å². The second kappa shape index (κ2) is 4.99. The third kappa shape index (κ3) is 2.65. The Kier molecular flexibility index (Phi) is 3.58. The molecule has 2 unspecified atom stereocenters. The summed E-state index contributed by atoms with van der Waals surface area (Å²) >= 11 is 0. The van der Waals surface area contributed by atoms with Gasteiger partial charge < -0.3 is 10.5 Å². The Bertz CT molecular complexity index is 462. The number of nitrogens with two attached hydrogens (primary N) is 1. The number of nitrogens with zero attached hydrogens (tertiary/aromatic N) is 1. The molecule has 2 atom stereocenters. The van der Waals surface area contributed by atoms with Gasteiger partial charge in [0, 0.05) is 17.5 Å². The van der Waals surface area contributed by atoms with Crippen LogP contribution in [-0.4, -0.2) is 6.61 Å². The van der Waals surface area contributed by atoms with Crippen LogP contribution >= 0.6 is 0 Å². The minimum Gasteiger partial charge on any atom is -0.493 e. The van der Waals surface area contributed by atoms with Crippen molar-refractivity contribution in [1.29, 1.82) is 5.26 Å². The summed E-state index contributed by atoms with van der Waals surface area (Å²) in [5.41, 5.74) is 7.10. The van der Waals surface area contributed by atoms with E-state index in [0.717, 1.165) is 24.2 Å². The first-order valence-electron chi connectivity index (χ1n) is 6.42. The van der Waals surface area contributed by atoms with Gasteiger partial charge in [0.2, 0.25) is 0 Å². The third-order valence-electron chi connectivity index (χ3n) is 3.68. The maximum Gasteiger partial charge on any atom is 0.124 e. The number of rotatable bonds is 3. The normalized spacial score (nSPS) is 22.8. The van der Waals surface area contributed by atoms with Crippen LogP contribution in [0.2, 0.25) is 0 Å². The molecule has 1 heterocycles. The lowest BCUT2D eigenvalue weighted by Gasteiger charge is -2.32. The van der Waals surface area contributed by atoms with Gasteiger partial charge in [-0.05, 0) is 32.8 Å². The van der Waals surface area contributed by atoms with Gasteiger partial charge in [-0.1, -0.05) is 18.2 Å². The van der Waals surface area contributed by atoms with Gasteiger partial charge in [-0.25, -0.2) is 0 Å². The molecule has 2 rings (SSSR count). The summed E-state index contributed by atoms with van der Waals surface area (Å²) in [7, 11) is 0. The van der Waals surface area contributed by atoms with E-state index >= 15 is 0 Å².